The van der Waals surface area contributed by atoms with E-state index >= 15 is 0 Å². The van der Waals surface area contributed by atoms with Crippen LogP contribution in [0.1, 0.15) is 106 Å². The fraction of sp³-hybridized carbons (Fsp3) is 0.850. The second-order valence-electron chi connectivity index (χ2n) is 27.2. The van der Waals surface area contributed by atoms with Crippen LogP contribution in [0.3, 0.4) is 0 Å². The molecule has 30 atom stereocenters. The Morgan fingerprint density at radius 3 is 1.59 bits per heavy atom. The Hall–Kier alpha value is -2.65. The van der Waals surface area contributed by atoms with Crippen LogP contribution in [-0.2, 0) is 38.0 Å². The molecule has 0 radical (unpaired) electrons. The molecule has 85 heavy (non-hydrogen) atoms. The standard InChI is InChI=1S/C60H92O25/c1-26(51(76)77-28-8-10-29(11-9-28)78-52-47(74)43(70)39(66)32(21-61)79-52)7-12-31(65)27(2)30-15-17-58(6)37-14-13-36-56(3,4)38(16-18-59(36)25-60(37,59)20-19-57(30,58)5)83-54-49(45(72)41(68)34(23-63)81-54)85-55-50(46(73)42(69)35(24-64)82-55)84-53-48(75)44(71)40(67)33(22-62)80-53/h7-11,27,30-50,52-55,61-75H,12-25H2,1-6H3/t27-,30+,31-,32+,33+,34+,35+,36-,37-,38-,39+,40+,41+,42+,43-,44-,45-,46-,47+,48+,49+,50+,52+,53-,54-,55-,57+,58-,59+,60-/m0/s1. The minimum absolute atomic E-state index is 0.0121. The third kappa shape index (κ3) is 11.1. The summed E-state index contributed by atoms with van der Waals surface area (Å²) in [5.41, 5.74) is -0.114. The molecule has 0 aromatic heterocycles. The number of aliphatic hydroxyl groups excluding tert-OH is 15. The Bertz CT molecular complexity index is 2480. The van der Waals surface area contributed by atoms with Crippen LogP contribution >= 0.6 is 0 Å². The smallest absolute Gasteiger partial charge is 0.338 e. The van der Waals surface area contributed by atoms with E-state index in [0.29, 0.717) is 17.9 Å². The number of carbonyl (C=O) groups excluding carboxylic acids is 1. The summed E-state index contributed by atoms with van der Waals surface area (Å²) in [4.78, 5) is 13.3. The van der Waals surface area contributed by atoms with E-state index in [1.165, 1.54) is 24.3 Å². The number of hydrogen-bond acceptors (Lipinski definition) is 25. The van der Waals surface area contributed by atoms with E-state index in [4.69, 9.17) is 42.6 Å². The van der Waals surface area contributed by atoms with Crippen LogP contribution in [0.4, 0.5) is 0 Å². The van der Waals surface area contributed by atoms with Crippen LogP contribution in [0.15, 0.2) is 35.9 Å². The van der Waals surface area contributed by atoms with Gasteiger partial charge in [-0.3, -0.25) is 0 Å². The molecule has 25 heteroatoms. The molecule has 10 rings (SSSR count). The molecular formula is C60H92O25. The van der Waals surface area contributed by atoms with Gasteiger partial charge in [-0.05, 0) is 146 Å². The fourth-order valence-electron chi connectivity index (χ4n) is 17.7. The van der Waals surface area contributed by atoms with Crippen molar-refractivity contribution < 1.29 is 124 Å². The fourth-order valence-corrected chi connectivity index (χ4v) is 17.7. The molecule has 5 aliphatic carbocycles. The summed E-state index contributed by atoms with van der Waals surface area (Å²) in [5.74, 6) is 0.623. The van der Waals surface area contributed by atoms with Crippen LogP contribution < -0.4 is 9.47 Å². The molecule has 1 aromatic carbocycles. The van der Waals surface area contributed by atoms with Gasteiger partial charge in [-0.1, -0.05) is 40.7 Å². The van der Waals surface area contributed by atoms with E-state index in [9.17, 15) is 81.4 Å². The van der Waals surface area contributed by atoms with Crippen LogP contribution in [0.25, 0.3) is 0 Å². The van der Waals surface area contributed by atoms with Gasteiger partial charge in [0.1, 0.15) is 109 Å². The Balaban J connectivity index is 0.779. The van der Waals surface area contributed by atoms with Crippen LogP contribution in [-0.4, -0.2) is 244 Å². The molecular weight excluding hydrogens is 1120 g/mol. The predicted octanol–water partition coefficient (Wildman–Crippen LogP) is -1.62. The number of benzene rings is 1. The average molecular weight is 1210 g/mol. The maximum Gasteiger partial charge on any atom is 0.338 e. The third-order valence-electron chi connectivity index (χ3n) is 22.9. The first-order valence-corrected chi connectivity index (χ1v) is 30.3. The van der Waals surface area contributed by atoms with E-state index in [0.717, 1.165) is 51.4 Å². The first-order valence-electron chi connectivity index (χ1n) is 30.3. The molecule has 9 aliphatic rings. The number of aliphatic hydroxyl groups is 15. The highest BCUT2D eigenvalue weighted by atomic mass is 16.8. The van der Waals surface area contributed by atoms with Crippen LogP contribution in [0.2, 0.25) is 0 Å². The number of esters is 1. The Morgan fingerprint density at radius 2 is 1.02 bits per heavy atom. The third-order valence-corrected chi connectivity index (χ3v) is 22.9. The zero-order chi connectivity index (χ0) is 61.6. The molecule has 4 aliphatic heterocycles. The van der Waals surface area contributed by atoms with Gasteiger partial charge in [0, 0.05) is 5.57 Å². The lowest BCUT2D eigenvalue weighted by Crippen LogP contribution is -2.67. The first-order chi connectivity index (χ1) is 40.2. The normalized spacial score (nSPS) is 49.3. The quantitative estimate of drug-likeness (QED) is 0.0340. The largest absolute Gasteiger partial charge is 0.462 e. The Morgan fingerprint density at radius 1 is 0.553 bits per heavy atom. The summed E-state index contributed by atoms with van der Waals surface area (Å²) < 4.78 is 53.4. The number of ether oxygens (including phenoxy) is 9. The van der Waals surface area contributed by atoms with Gasteiger partial charge in [-0.25, -0.2) is 4.79 Å². The monoisotopic (exact) mass is 1210 g/mol. The summed E-state index contributed by atoms with van der Waals surface area (Å²) in [6.45, 7) is 10.1. The van der Waals surface area contributed by atoms with Crippen LogP contribution in [0.5, 0.6) is 11.5 Å². The van der Waals surface area contributed by atoms with Crippen molar-refractivity contribution >= 4 is 5.97 Å². The average Bonchev–Trinajstić information content (AvgIpc) is 1.48. The molecule has 0 unspecified atom stereocenters. The van der Waals surface area contributed by atoms with Crippen molar-refractivity contribution in [2.75, 3.05) is 26.4 Å². The molecule has 4 saturated heterocycles. The molecule has 2 spiro atoms. The Labute approximate surface area is 493 Å². The minimum Gasteiger partial charge on any atom is -0.462 e. The van der Waals surface area contributed by atoms with Crippen molar-refractivity contribution in [3.8, 4) is 11.5 Å². The van der Waals surface area contributed by atoms with Crippen molar-refractivity contribution in [2.45, 2.75) is 241 Å². The van der Waals surface area contributed by atoms with Gasteiger partial charge in [-0.2, -0.15) is 0 Å². The number of carbonyl (C=O) groups is 1. The first kappa shape index (κ1) is 65.3. The lowest BCUT2D eigenvalue weighted by molar-refractivity contribution is -0.398. The van der Waals surface area contributed by atoms with Crippen molar-refractivity contribution in [3.05, 3.63) is 35.9 Å². The SMILES string of the molecule is CC(=CC[C@H](O)[C@@H](C)[C@H]1CC[C@@]2(C)[C@@H]3CC[C@H]4C(C)(C)[C@@H](O[C@@H]5O[C@H](CO)[C@@H](O)[C@H](O)[C@H]5O[C@@H]5O[C@H](CO)[C@@H](O)[C@H](O)[C@H]5O[C@@H]5O[C@H](CO)[C@@H](O)[C@H](O)[C@H]5O)CC[C@@]45C[C@@]35CC[C@]12C)C(=O)Oc1ccc(O[C@@H]2O[C@H](CO)[C@@H](O)[C@H](O)[C@H]2O)cc1. The van der Waals surface area contributed by atoms with Gasteiger partial charge >= 0.3 is 5.97 Å². The summed E-state index contributed by atoms with van der Waals surface area (Å²) in [6, 6.07) is 5.93. The molecule has 0 bridgehead atoms. The van der Waals surface area contributed by atoms with Gasteiger partial charge in [0.05, 0.1) is 38.6 Å². The summed E-state index contributed by atoms with van der Waals surface area (Å²) >= 11 is 0. The van der Waals surface area contributed by atoms with E-state index in [1.54, 1.807) is 13.0 Å². The minimum atomic E-state index is -1.93. The van der Waals surface area contributed by atoms with Gasteiger partial charge in [0.15, 0.2) is 18.9 Å². The van der Waals surface area contributed by atoms with Crippen molar-refractivity contribution in [1.82, 2.24) is 0 Å². The highest BCUT2D eigenvalue weighted by molar-refractivity contribution is 5.89. The van der Waals surface area contributed by atoms with Gasteiger partial charge in [0.25, 0.3) is 0 Å². The lowest BCUT2D eigenvalue weighted by atomic mass is 9.41. The molecule has 482 valence electrons. The lowest BCUT2D eigenvalue weighted by Gasteiger charge is -2.63. The molecule has 5 saturated carbocycles. The molecule has 15 N–H and O–H groups in total. The molecule has 1 aromatic rings. The Kier molecular flexibility index (Phi) is 19.1. The van der Waals surface area contributed by atoms with Gasteiger partial charge in [0.2, 0.25) is 6.29 Å². The number of hydrogen-bond donors (Lipinski definition) is 15. The van der Waals surface area contributed by atoms with E-state index < -0.39 is 173 Å². The highest BCUT2D eigenvalue weighted by Gasteiger charge is 2.82. The second kappa shape index (κ2) is 24.9. The predicted molar refractivity (Wildman–Crippen MR) is 291 cm³/mol. The zero-order valence-electron chi connectivity index (χ0n) is 49.1. The van der Waals surface area contributed by atoms with Crippen molar-refractivity contribution in [1.29, 1.82) is 0 Å². The zero-order valence-corrected chi connectivity index (χ0v) is 49.1. The summed E-state index contributed by atoms with van der Waals surface area (Å²) in [7, 11) is 0. The number of rotatable bonds is 18. The van der Waals surface area contributed by atoms with E-state index in [-0.39, 0.29) is 57.3 Å². The van der Waals surface area contributed by atoms with Gasteiger partial charge < -0.3 is 119 Å². The number of fused-ring (bicyclic) bond motifs is 2. The highest BCUT2D eigenvalue weighted by Crippen LogP contribution is 2.89. The van der Waals surface area contributed by atoms with Gasteiger partial charge in [-0.15, -0.1) is 0 Å². The molecule has 9 fully saturated rings. The topological polar surface area (TPSA) is 404 Å². The molecule has 25 nitrogen and oxygen atoms in total. The molecule has 4 heterocycles. The summed E-state index contributed by atoms with van der Waals surface area (Å²) in [5, 5.41) is 159. The molecule has 0 amide bonds. The van der Waals surface area contributed by atoms with Crippen LogP contribution in [0, 0.1) is 50.7 Å². The van der Waals surface area contributed by atoms with E-state index in [1.807, 2.05) is 0 Å². The van der Waals surface area contributed by atoms with E-state index in [2.05, 4.69) is 34.6 Å². The summed E-state index contributed by atoms with van der Waals surface area (Å²) in [6.07, 6.45) is -23.5. The van der Waals surface area contributed by atoms with Crippen molar-refractivity contribution in [2.24, 2.45) is 50.7 Å². The van der Waals surface area contributed by atoms with Crippen molar-refractivity contribution in [3.63, 3.8) is 0 Å². The maximum absolute atomic E-state index is 13.3. The second-order valence-corrected chi connectivity index (χ2v) is 27.2. The maximum atomic E-state index is 13.3.